The van der Waals surface area contributed by atoms with E-state index in [9.17, 15) is 9.59 Å². The van der Waals surface area contributed by atoms with Crippen molar-refractivity contribution in [1.29, 1.82) is 0 Å². The fourth-order valence-corrected chi connectivity index (χ4v) is 3.58. The van der Waals surface area contributed by atoms with E-state index in [-0.39, 0.29) is 11.8 Å². The molecule has 0 atom stereocenters. The molecule has 1 aromatic heterocycles. The van der Waals surface area contributed by atoms with E-state index >= 15 is 0 Å². The third-order valence-electron chi connectivity index (χ3n) is 3.89. The van der Waals surface area contributed by atoms with Crippen molar-refractivity contribution in [3.8, 4) is 16.2 Å². The van der Waals surface area contributed by atoms with Crippen LogP contribution in [0.2, 0.25) is 0 Å². The molecule has 0 saturated heterocycles. The van der Waals surface area contributed by atoms with Gasteiger partial charge in [0.15, 0.2) is 0 Å². The minimum Gasteiger partial charge on any atom is -0.492 e. The summed E-state index contributed by atoms with van der Waals surface area (Å²) in [5.74, 6) is 0.163. The normalized spacial score (nSPS) is 10.3. The van der Waals surface area contributed by atoms with Crippen LogP contribution in [0.25, 0.3) is 10.4 Å². The fourth-order valence-electron chi connectivity index (χ4n) is 2.58. The number of rotatable bonds is 6. The Labute approximate surface area is 162 Å². The van der Waals surface area contributed by atoms with Crippen molar-refractivity contribution >= 4 is 28.8 Å². The standard InChI is InChI=1S/C21H20N2O3S/c1-3-26-17-13-18(14-7-5-4-6-8-14)27-19(17)21(25)23-16-11-9-15(10-12-16)20(24)22-2/h4-13H,3H2,1-2H3,(H,22,24)(H,23,25). The van der Waals surface area contributed by atoms with Gasteiger partial charge in [-0.05, 0) is 42.8 Å². The predicted molar refractivity (Wildman–Crippen MR) is 109 cm³/mol. The van der Waals surface area contributed by atoms with E-state index in [4.69, 9.17) is 4.74 Å². The molecule has 0 aliphatic rings. The summed E-state index contributed by atoms with van der Waals surface area (Å²) >= 11 is 1.39. The molecule has 0 bridgehead atoms. The third-order valence-corrected chi connectivity index (χ3v) is 5.06. The summed E-state index contributed by atoms with van der Waals surface area (Å²) in [6.07, 6.45) is 0. The first-order valence-corrected chi connectivity index (χ1v) is 9.39. The molecule has 2 N–H and O–H groups in total. The topological polar surface area (TPSA) is 67.4 Å². The van der Waals surface area contributed by atoms with E-state index in [2.05, 4.69) is 10.6 Å². The molecule has 138 valence electrons. The summed E-state index contributed by atoms with van der Waals surface area (Å²) < 4.78 is 5.66. The Balaban J connectivity index is 1.83. The van der Waals surface area contributed by atoms with E-state index in [1.54, 1.807) is 31.3 Å². The summed E-state index contributed by atoms with van der Waals surface area (Å²) in [6, 6.07) is 18.5. The predicted octanol–water partition coefficient (Wildman–Crippen LogP) is 4.43. The lowest BCUT2D eigenvalue weighted by atomic mass is 10.2. The van der Waals surface area contributed by atoms with Crippen molar-refractivity contribution in [3.63, 3.8) is 0 Å². The molecule has 0 fully saturated rings. The highest BCUT2D eigenvalue weighted by molar-refractivity contribution is 7.17. The molecule has 1 heterocycles. The van der Waals surface area contributed by atoms with Gasteiger partial charge in [-0.1, -0.05) is 30.3 Å². The Hall–Kier alpha value is -3.12. The van der Waals surface area contributed by atoms with Crippen LogP contribution in [0.4, 0.5) is 5.69 Å². The van der Waals surface area contributed by atoms with Gasteiger partial charge in [-0.25, -0.2) is 0 Å². The number of nitrogens with one attached hydrogen (secondary N) is 2. The monoisotopic (exact) mass is 380 g/mol. The van der Waals surface area contributed by atoms with E-state index in [0.29, 0.717) is 28.5 Å². The van der Waals surface area contributed by atoms with Crippen LogP contribution >= 0.6 is 11.3 Å². The average molecular weight is 380 g/mol. The minimum atomic E-state index is -0.238. The molecule has 3 rings (SSSR count). The molecule has 2 aromatic carbocycles. The van der Waals surface area contributed by atoms with Crippen LogP contribution in [0, 0.1) is 0 Å². The van der Waals surface area contributed by atoms with E-state index in [1.165, 1.54) is 11.3 Å². The number of benzene rings is 2. The van der Waals surface area contributed by atoms with E-state index in [1.807, 2.05) is 43.3 Å². The van der Waals surface area contributed by atoms with Crippen molar-refractivity contribution in [3.05, 3.63) is 71.1 Å². The highest BCUT2D eigenvalue weighted by Crippen LogP contribution is 2.36. The highest BCUT2D eigenvalue weighted by Gasteiger charge is 2.18. The molecule has 0 unspecified atom stereocenters. The zero-order chi connectivity index (χ0) is 19.2. The van der Waals surface area contributed by atoms with Gasteiger partial charge in [0, 0.05) is 23.2 Å². The number of ether oxygens (including phenoxy) is 1. The highest BCUT2D eigenvalue weighted by atomic mass is 32.1. The second-order valence-electron chi connectivity index (χ2n) is 5.71. The molecule has 3 aromatic rings. The Morgan fingerprint density at radius 3 is 2.33 bits per heavy atom. The molecule has 0 aliphatic heterocycles. The summed E-state index contributed by atoms with van der Waals surface area (Å²) in [7, 11) is 1.58. The number of anilines is 1. The second-order valence-corrected chi connectivity index (χ2v) is 6.77. The average Bonchev–Trinajstić information content (AvgIpc) is 3.13. The zero-order valence-corrected chi connectivity index (χ0v) is 15.9. The van der Waals surface area contributed by atoms with Crippen LogP contribution in [0.1, 0.15) is 27.0 Å². The lowest BCUT2D eigenvalue weighted by Gasteiger charge is -2.07. The molecular weight excluding hydrogens is 360 g/mol. The molecule has 6 heteroatoms. The number of thiophene rings is 1. The van der Waals surface area contributed by atoms with Gasteiger partial charge in [0.2, 0.25) is 0 Å². The van der Waals surface area contributed by atoms with Crippen LogP contribution in [-0.4, -0.2) is 25.5 Å². The van der Waals surface area contributed by atoms with Gasteiger partial charge in [0.1, 0.15) is 10.6 Å². The van der Waals surface area contributed by atoms with Gasteiger partial charge >= 0.3 is 0 Å². The number of hydrogen-bond acceptors (Lipinski definition) is 4. The Kier molecular flexibility index (Phi) is 5.88. The van der Waals surface area contributed by atoms with E-state index in [0.717, 1.165) is 10.4 Å². The van der Waals surface area contributed by atoms with Crippen LogP contribution in [0.5, 0.6) is 5.75 Å². The van der Waals surface area contributed by atoms with Gasteiger partial charge in [-0.15, -0.1) is 11.3 Å². The van der Waals surface area contributed by atoms with Crippen LogP contribution in [0.15, 0.2) is 60.7 Å². The fraction of sp³-hybridized carbons (Fsp3) is 0.143. The second kappa shape index (κ2) is 8.51. The van der Waals surface area contributed by atoms with Crippen molar-refractivity contribution in [2.45, 2.75) is 6.92 Å². The molecule has 0 radical (unpaired) electrons. The third kappa shape index (κ3) is 4.35. The summed E-state index contributed by atoms with van der Waals surface area (Å²) in [4.78, 5) is 25.9. The first-order chi connectivity index (χ1) is 13.1. The summed E-state index contributed by atoms with van der Waals surface area (Å²) in [5.41, 5.74) is 2.19. The summed E-state index contributed by atoms with van der Waals surface area (Å²) in [6.45, 7) is 2.37. The maximum Gasteiger partial charge on any atom is 0.269 e. The van der Waals surface area contributed by atoms with Crippen molar-refractivity contribution < 1.29 is 14.3 Å². The van der Waals surface area contributed by atoms with Crippen LogP contribution < -0.4 is 15.4 Å². The van der Waals surface area contributed by atoms with Gasteiger partial charge in [-0.2, -0.15) is 0 Å². The quantitative estimate of drug-likeness (QED) is 0.665. The maximum atomic E-state index is 12.8. The van der Waals surface area contributed by atoms with Gasteiger partial charge < -0.3 is 15.4 Å². The number of hydrogen-bond donors (Lipinski definition) is 2. The van der Waals surface area contributed by atoms with Gasteiger partial charge in [0.05, 0.1) is 6.61 Å². The Morgan fingerprint density at radius 1 is 1.00 bits per heavy atom. The smallest absolute Gasteiger partial charge is 0.269 e. The molecule has 27 heavy (non-hydrogen) atoms. The minimum absolute atomic E-state index is 0.169. The summed E-state index contributed by atoms with van der Waals surface area (Å²) in [5, 5.41) is 5.43. The lowest BCUT2D eigenvalue weighted by Crippen LogP contribution is -2.17. The number of amides is 2. The molecule has 0 aliphatic carbocycles. The van der Waals surface area contributed by atoms with Crippen LogP contribution in [-0.2, 0) is 0 Å². The molecular formula is C21H20N2O3S. The first-order valence-electron chi connectivity index (χ1n) is 8.58. The first kappa shape index (κ1) is 18.7. The Morgan fingerprint density at radius 2 is 1.70 bits per heavy atom. The largest absolute Gasteiger partial charge is 0.492 e. The molecule has 2 amide bonds. The van der Waals surface area contributed by atoms with Crippen LogP contribution in [0.3, 0.4) is 0 Å². The lowest BCUT2D eigenvalue weighted by molar-refractivity contribution is 0.0962. The van der Waals surface area contributed by atoms with E-state index < -0.39 is 0 Å². The SMILES string of the molecule is CCOc1cc(-c2ccccc2)sc1C(=O)Nc1ccc(C(=O)NC)cc1. The number of carbonyl (C=O) groups excluding carboxylic acids is 2. The van der Waals surface area contributed by atoms with Gasteiger partial charge in [-0.3, -0.25) is 9.59 Å². The Bertz CT molecular complexity index is 934. The van der Waals surface area contributed by atoms with Crippen molar-refractivity contribution in [2.24, 2.45) is 0 Å². The molecule has 5 nitrogen and oxygen atoms in total. The zero-order valence-electron chi connectivity index (χ0n) is 15.1. The maximum absolute atomic E-state index is 12.8. The molecule has 0 saturated carbocycles. The van der Waals surface area contributed by atoms with Crippen molar-refractivity contribution in [1.82, 2.24) is 5.32 Å². The van der Waals surface area contributed by atoms with Crippen molar-refractivity contribution in [2.75, 3.05) is 19.0 Å². The number of carbonyl (C=O) groups is 2. The molecule has 0 spiro atoms. The van der Waals surface area contributed by atoms with Gasteiger partial charge in [0.25, 0.3) is 11.8 Å².